The van der Waals surface area contributed by atoms with Crippen LogP contribution in [0.4, 0.5) is 0 Å². The van der Waals surface area contributed by atoms with Gasteiger partial charge in [0.05, 0.1) is 5.56 Å². The highest BCUT2D eigenvalue weighted by Crippen LogP contribution is 2.39. The zero-order valence-corrected chi connectivity index (χ0v) is 16.9. The third-order valence-electron chi connectivity index (χ3n) is 4.20. The monoisotopic (exact) mass is 335 g/mol. The lowest BCUT2D eigenvalue weighted by molar-refractivity contribution is 0.107. The van der Waals surface area contributed by atoms with E-state index in [9.17, 15) is 9.36 Å². The average molecular weight is 335 g/mol. The van der Waals surface area contributed by atoms with Gasteiger partial charge in [0.25, 0.3) is 0 Å². The molecule has 0 spiro atoms. The molecule has 0 radical (unpaired) electrons. The molecule has 3 atom stereocenters. The van der Waals surface area contributed by atoms with Crippen molar-refractivity contribution in [3.05, 3.63) is 34.4 Å². The molecule has 0 aliphatic rings. The smallest absolute Gasteiger partial charge is 0.234 e. The van der Waals surface area contributed by atoms with Crippen molar-refractivity contribution < 1.29 is 9.36 Å². The van der Waals surface area contributed by atoms with E-state index >= 15 is 0 Å². The number of carbonyl (C=O) groups is 1. The van der Waals surface area contributed by atoms with Gasteiger partial charge in [0.2, 0.25) is 0 Å². The van der Waals surface area contributed by atoms with Crippen molar-refractivity contribution in [1.29, 1.82) is 0 Å². The van der Waals surface area contributed by atoms with Crippen LogP contribution in [0.2, 0.25) is 0 Å². The van der Waals surface area contributed by atoms with Crippen molar-refractivity contribution >= 4 is 13.3 Å². The van der Waals surface area contributed by atoms with Crippen LogP contribution in [0.15, 0.2) is 12.1 Å². The second-order valence-electron chi connectivity index (χ2n) is 8.36. The summed E-state index contributed by atoms with van der Waals surface area (Å²) in [6, 6.07) is 3.99. The van der Waals surface area contributed by atoms with Crippen LogP contribution >= 0.6 is 7.80 Å². The molecule has 0 aromatic heterocycles. The Kier molecular flexibility index (Phi) is 6.71. The number of benzene rings is 1. The lowest BCUT2D eigenvalue weighted by atomic mass is 9.84. The fraction of sp³-hybridized carbons (Fsp3) is 0.650. The van der Waals surface area contributed by atoms with Crippen LogP contribution in [0.1, 0.15) is 74.5 Å². The van der Waals surface area contributed by atoms with Gasteiger partial charge in [-0.05, 0) is 63.0 Å². The lowest BCUT2D eigenvalue weighted by Crippen LogP contribution is -2.15. The molecule has 0 aliphatic heterocycles. The zero-order chi connectivity index (χ0) is 17.9. The third kappa shape index (κ3) is 5.84. The molecule has 1 aromatic carbocycles. The minimum Gasteiger partial charge on any atom is -0.234 e. The van der Waals surface area contributed by atoms with E-state index in [2.05, 4.69) is 27.7 Å². The minimum atomic E-state index is -1.88. The Balaban J connectivity index is 2.87. The quantitative estimate of drug-likeness (QED) is 0.561. The van der Waals surface area contributed by atoms with E-state index in [-0.39, 0.29) is 16.6 Å². The molecule has 0 N–H and O–H groups in total. The van der Waals surface area contributed by atoms with Crippen molar-refractivity contribution in [1.82, 2.24) is 0 Å². The van der Waals surface area contributed by atoms with Crippen LogP contribution in [-0.4, -0.2) is 11.2 Å². The summed E-state index contributed by atoms with van der Waals surface area (Å²) in [5.41, 5.74) is 3.68. The van der Waals surface area contributed by atoms with Gasteiger partial charge in [-0.15, -0.1) is 0 Å². The van der Waals surface area contributed by atoms with Gasteiger partial charge in [-0.3, -0.25) is 0 Å². The fourth-order valence-corrected chi connectivity index (χ4v) is 5.16. The Bertz CT molecular complexity index is 573. The molecular weight excluding hydrogens is 303 g/mol. The molecular formula is C20H32O2P+. The highest BCUT2D eigenvalue weighted by Gasteiger charge is 2.38. The highest BCUT2D eigenvalue weighted by molar-refractivity contribution is 7.65. The maximum atomic E-state index is 12.7. The van der Waals surface area contributed by atoms with Gasteiger partial charge < -0.3 is 0 Å². The lowest BCUT2D eigenvalue weighted by Gasteiger charge is -2.23. The van der Waals surface area contributed by atoms with Gasteiger partial charge in [-0.1, -0.05) is 50.0 Å². The summed E-state index contributed by atoms with van der Waals surface area (Å²) in [6.07, 6.45) is 1.92. The Hall–Kier alpha value is -1.01. The highest BCUT2D eigenvalue weighted by atomic mass is 31.1. The van der Waals surface area contributed by atoms with Gasteiger partial charge in [0.15, 0.2) is 5.66 Å². The standard InChI is InChI=1S/C20H32O2P/c1-13-9-15(3)18(16(4)10-13)19(21)23(22)17(5)11-14(2)12-20(6,7)8/h9-10,14,17H,11-12H2,1-8H3/q+1. The summed E-state index contributed by atoms with van der Waals surface area (Å²) in [7, 11) is -1.88. The number of aryl methyl sites for hydroxylation is 3. The van der Waals surface area contributed by atoms with E-state index < -0.39 is 7.80 Å². The largest absolute Gasteiger partial charge is 0.422 e. The van der Waals surface area contributed by atoms with Gasteiger partial charge in [0.1, 0.15) is 0 Å². The number of carbonyl (C=O) groups excluding carboxylic acids is 1. The molecule has 0 saturated heterocycles. The first kappa shape index (κ1) is 20.0. The van der Waals surface area contributed by atoms with E-state index in [1.807, 2.05) is 39.8 Å². The third-order valence-corrected chi connectivity index (χ3v) is 5.83. The Labute approximate surface area is 142 Å². The zero-order valence-electron chi connectivity index (χ0n) is 16.0. The maximum Gasteiger partial charge on any atom is 0.422 e. The Morgan fingerprint density at radius 1 is 1.09 bits per heavy atom. The molecule has 2 nitrogen and oxygen atoms in total. The first-order valence-electron chi connectivity index (χ1n) is 8.51. The van der Waals surface area contributed by atoms with Crippen LogP contribution < -0.4 is 0 Å². The predicted octanol–water partition coefficient (Wildman–Crippen LogP) is 6.43. The van der Waals surface area contributed by atoms with Crippen molar-refractivity contribution in [3.63, 3.8) is 0 Å². The van der Waals surface area contributed by atoms with E-state index in [1.165, 1.54) is 0 Å². The van der Waals surface area contributed by atoms with E-state index in [0.29, 0.717) is 11.5 Å². The van der Waals surface area contributed by atoms with Crippen LogP contribution in [0.3, 0.4) is 0 Å². The molecule has 1 aromatic rings. The van der Waals surface area contributed by atoms with E-state index in [4.69, 9.17) is 0 Å². The summed E-state index contributed by atoms with van der Waals surface area (Å²) in [6.45, 7) is 16.7. The molecule has 3 unspecified atom stereocenters. The Morgan fingerprint density at radius 3 is 2.00 bits per heavy atom. The van der Waals surface area contributed by atoms with Gasteiger partial charge in [-0.2, -0.15) is 0 Å². The summed E-state index contributed by atoms with van der Waals surface area (Å²) >= 11 is 0. The van der Waals surface area contributed by atoms with Gasteiger partial charge in [0, 0.05) is 0 Å². The fourth-order valence-electron chi connectivity index (χ4n) is 3.63. The summed E-state index contributed by atoms with van der Waals surface area (Å²) in [5, 5.41) is 0. The molecule has 23 heavy (non-hydrogen) atoms. The molecule has 3 heteroatoms. The average Bonchev–Trinajstić information content (AvgIpc) is 2.33. The van der Waals surface area contributed by atoms with Crippen LogP contribution in [0.5, 0.6) is 0 Å². The molecule has 0 aliphatic carbocycles. The summed E-state index contributed by atoms with van der Waals surface area (Å²) in [5.74, 6) is 0.469. The van der Waals surface area contributed by atoms with Crippen LogP contribution in [0, 0.1) is 32.1 Å². The van der Waals surface area contributed by atoms with Gasteiger partial charge >= 0.3 is 13.3 Å². The second-order valence-corrected chi connectivity index (χ2v) is 10.3. The molecule has 0 fully saturated rings. The first-order valence-corrected chi connectivity index (χ1v) is 9.83. The number of rotatable bonds is 6. The summed E-state index contributed by atoms with van der Waals surface area (Å²) in [4.78, 5) is 12.7. The molecule has 0 amide bonds. The topological polar surface area (TPSA) is 34.1 Å². The van der Waals surface area contributed by atoms with Crippen LogP contribution in [0.25, 0.3) is 0 Å². The first-order chi connectivity index (χ1) is 10.4. The Morgan fingerprint density at radius 2 is 1.57 bits per heavy atom. The number of hydrogen-bond acceptors (Lipinski definition) is 2. The van der Waals surface area contributed by atoms with Crippen molar-refractivity contribution in [2.75, 3.05) is 0 Å². The summed E-state index contributed by atoms with van der Waals surface area (Å²) < 4.78 is 12.7. The molecule has 0 heterocycles. The normalized spacial score (nSPS) is 15.2. The molecule has 0 saturated carbocycles. The van der Waals surface area contributed by atoms with Crippen LogP contribution in [-0.2, 0) is 4.57 Å². The van der Waals surface area contributed by atoms with Crippen molar-refractivity contribution in [2.24, 2.45) is 11.3 Å². The number of hydrogen-bond donors (Lipinski definition) is 0. The SMILES string of the molecule is Cc1cc(C)c(C(=O)[P+](=O)C(C)CC(C)CC(C)(C)C)c(C)c1. The van der Waals surface area contributed by atoms with E-state index in [1.54, 1.807) is 0 Å². The van der Waals surface area contributed by atoms with E-state index in [0.717, 1.165) is 29.5 Å². The second kappa shape index (κ2) is 7.71. The van der Waals surface area contributed by atoms with Crippen molar-refractivity contribution in [2.45, 2.75) is 73.9 Å². The molecule has 0 bridgehead atoms. The van der Waals surface area contributed by atoms with Gasteiger partial charge in [-0.25, -0.2) is 4.79 Å². The molecule has 128 valence electrons. The molecule has 1 rings (SSSR count). The predicted molar refractivity (Wildman–Crippen MR) is 99.9 cm³/mol. The minimum absolute atomic E-state index is 0.0741. The van der Waals surface area contributed by atoms with Crippen molar-refractivity contribution in [3.8, 4) is 0 Å². The maximum absolute atomic E-state index is 12.7.